The van der Waals surface area contributed by atoms with Gasteiger partial charge in [0, 0.05) is 42.4 Å². The van der Waals surface area contributed by atoms with Crippen molar-refractivity contribution >= 4 is 40.6 Å². The molecule has 7 nitrogen and oxygen atoms in total. The first kappa shape index (κ1) is 24.4. The summed E-state index contributed by atoms with van der Waals surface area (Å²) in [5.74, 6) is -0.518. The molecule has 2 aliphatic rings. The Morgan fingerprint density at radius 2 is 1.59 bits per heavy atom. The third kappa shape index (κ3) is 4.53. The minimum atomic E-state index is -0.597. The minimum Gasteiger partial charge on any atom is -0.326 e. The molecule has 7 heteroatoms. The van der Waals surface area contributed by atoms with E-state index in [1.54, 1.807) is 12.1 Å². The molecule has 1 aliphatic heterocycles. The summed E-state index contributed by atoms with van der Waals surface area (Å²) in [6.07, 6.45) is 1.35. The topological polar surface area (TPSA) is 104 Å². The lowest BCUT2D eigenvalue weighted by molar-refractivity contribution is -0.120. The number of para-hydroxylation sites is 1. The highest BCUT2D eigenvalue weighted by molar-refractivity contribution is 6.07. The molecule has 5 rings (SSSR count). The van der Waals surface area contributed by atoms with Gasteiger partial charge < -0.3 is 16.0 Å². The Morgan fingerprint density at radius 3 is 2.32 bits per heavy atom. The van der Waals surface area contributed by atoms with Gasteiger partial charge in [0.05, 0.1) is 5.41 Å². The van der Waals surface area contributed by atoms with E-state index in [-0.39, 0.29) is 36.3 Å². The molecule has 0 bridgehead atoms. The second-order valence-electron chi connectivity index (χ2n) is 10.1. The van der Waals surface area contributed by atoms with Crippen LogP contribution in [0.25, 0.3) is 0 Å². The molecule has 0 aromatic heterocycles. The van der Waals surface area contributed by atoms with Crippen molar-refractivity contribution in [1.82, 2.24) is 0 Å². The van der Waals surface area contributed by atoms with Gasteiger partial charge in [0.25, 0.3) is 0 Å². The summed E-state index contributed by atoms with van der Waals surface area (Å²) >= 11 is 0. The number of nitrogens with one attached hydrogen (secondary N) is 3. The average molecular weight is 496 g/mol. The van der Waals surface area contributed by atoms with Crippen molar-refractivity contribution in [3.05, 3.63) is 88.0 Å². The lowest BCUT2D eigenvalue weighted by Crippen LogP contribution is -2.35. The maximum atomic E-state index is 12.9. The number of rotatable bonds is 6. The Kier molecular flexibility index (Phi) is 6.15. The van der Waals surface area contributed by atoms with E-state index in [9.17, 15) is 19.2 Å². The predicted molar refractivity (Wildman–Crippen MR) is 143 cm³/mol. The van der Waals surface area contributed by atoms with Gasteiger partial charge in [-0.2, -0.15) is 0 Å². The number of hydrogen-bond donors (Lipinski definition) is 3. The maximum absolute atomic E-state index is 12.9. The number of hydrogen-bond acceptors (Lipinski definition) is 4. The quantitative estimate of drug-likeness (QED) is 0.425. The second-order valence-corrected chi connectivity index (χ2v) is 10.1. The number of anilines is 3. The van der Waals surface area contributed by atoms with Crippen LogP contribution in [0.3, 0.4) is 0 Å². The summed E-state index contributed by atoms with van der Waals surface area (Å²) in [6, 6.07) is 17.1. The highest BCUT2D eigenvalue weighted by Gasteiger charge is 2.50. The number of amides is 3. The molecule has 3 aromatic carbocycles. The molecule has 0 saturated carbocycles. The van der Waals surface area contributed by atoms with Crippen LogP contribution in [-0.4, -0.2) is 23.5 Å². The van der Waals surface area contributed by atoms with Gasteiger partial charge in [0.15, 0.2) is 5.78 Å². The van der Waals surface area contributed by atoms with Crippen molar-refractivity contribution in [2.45, 2.75) is 51.9 Å². The van der Waals surface area contributed by atoms with E-state index in [4.69, 9.17) is 0 Å². The van der Waals surface area contributed by atoms with Crippen LogP contribution in [-0.2, 0) is 32.6 Å². The largest absolute Gasteiger partial charge is 0.326 e. The Balaban J connectivity index is 1.22. The fourth-order valence-corrected chi connectivity index (χ4v) is 5.57. The van der Waals surface area contributed by atoms with E-state index in [0.717, 1.165) is 33.5 Å². The number of carbonyl (C=O) groups is 4. The van der Waals surface area contributed by atoms with Gasteiger partial charge in [-0.3, -0.25) is 19.2 Å². The normalized spacial score (nSPS) is 17.2. The molecule has 1 unspecified atom stereocenters. The van der Waals surface area contributed by atoms with Gasteiger partial charge in [-0.1, -0.05) is 24.3 Å². The number of carbonyl (C=O) groups excluding carboxylic acids is 4. The molecule has 0 saturated heterocycles. The Bertz CT molecular complexity index is 1450. The lowest BCUT2D eigenvalue weighted by Gasteiger charge is -2.20. The number of ketones is 1. The van der Waals surface area contributed by atoms with Crippen LogP contribution in [0.4, 0.5) is 17.1 Å². The Labute approximate surface area is 215 Å². The standard InChI is InChI=1S/C30H29N3O4/c1-17-12-21(13-18(2)28(17)31-19(3)34)26(35)10-11-27(36)32-23-9-8-20-15-30(16-22(20)14-23)24-6-4-5-7-25(24)33-29(30)37/h4-9,12-14H,10-11,15-16H2,1-3H3,(H,31,34)(H,32,36)(H,33,37). The van der Waals surface area contributed by atoms with Crippen LogP contribution < -0.4 is 16.0 Å². The summed E-state index contributed by atoms with van der Waals surface area (Å²) in [6.45, 7) is 5.13. The molecule has 1 heterocycles. The van der Waals surface area contributed by atoms with Crippen LogP contribution in [0.5, 0.6) is 0 Å². The van der Waals surface area contributed by atoms with Crippen molar-refractivity contribution in [3.8, 4) is 0 Å². The van der Waals surface area contributed by atoms with Crippen LogP contribution in [0.15, 0.2) is 54.6 Å². The zero-order valence-corrected chi connectivity index (χ0v) is 21.2. The first-order valence-corrected chi connectivity index (χ1v) is 12.4. The van der Waals surface area contributed by atoms with E-state index in [1.165, 1.54) is 6.92 Å². The minimum absolute atomic E-state index is 0.0181. The van der Waals surface area contributed by atoms with Crippen molar-refractivity contribution < 1.29 is 19.2 Å². The van der Waals surface area contributed by atoms with Crippen LogP contribution >= 0.6 is 0 Å². The van der Waals surface area contributed by atoms with Crippen molar-refractivity contribution in [2.24, 2.45) is 0 Å². The second kappa shape index (κ2) is 9.32. The zero-order chi connectivity index (χ0) is 26.3. The van der Waals surface area contributed by atoms with Gasteiger partial charge in [0.1, 0.15) is 0 Å². The van der Waals surface area contributed by atoms with Gasteiger partial charge in [-0.15, -0.1) is 0 Å². The maximum Gasteiger partial charge on any atom is 0.235 e. The summed E-state index contributed by atoms with van der Waals surface area (Å²) in [5, 5.41) is 8.70. The smallest absolute Gasteiger partial charge is 0.235 e. The zero-order valence-electron chi connectivity index (χ0n) is 21.2. The molecule has 3 N–H and O–H groups in total. The molecule has 0 radical (unpaired) electrons. The highest BCUT2D eigenvalue weighted by atomic mass is 16.2. The highest BCUT2D eigenvalue weighted by Crippen LogP contribution is 2.47. The SMILES string of the molecule is CC(=O)Nc1c(C)cc(C(=O)CCC(=O)Nc2ccc3c(c2)CC2(C3)C(=O)Nc3ccccc32)cc1C. The average Bonchev–Trinajstić information content (AvgIpc) is 3.36. The number of Topliss-reactive ketones (excluding diaryl/α,β-unsaturated/α-hetero) is 1. The molecule has 1 aliphatic carbocycles. The third-order valence-corrected chi connectivity index (χ3v) is 7.33. The molecular weight excluding hydrogens is 466 g/mol. The van der Waals surface area contributed by atoms with Crippen LogP contribution in [0.1, 0.15) is 57.9 Å². The Hall–Kier alpha value is -4.26. The van der Waals surface area contributed by atoms with E-state index in [2.05, 4.69) is 16.0 Å². The summed E-state index contributed by atoms with van der Waals surface area (Å²) in [7, 11) is 0. The van der Waals surface area contributed by atoms with Gasteiger partial charge >= 0.3 is 0 Å². The molecule has 0 fully saturated rings. The fourth-order valence-electron chi connectivity index (χ4n) is 5.57. The van der Waals surface area contributed by atoms with Crippen molar-refractivity contribution in [3.63, 3.8) is 0 Å². The Morgan fingerprint density at radius 1 is 0.892 bits per heavy atom. The lowest BCUT2D eigenvalue weighted by atomic mass is 9.79. The molecular formula is C30H29N3O4. The van der Waals surface area contributed by atoms with Crippen molar-refractivity contribution in [2.75, 3.05) is 16.0 Å². The van der Waals surface area contributed by atoms with E-state index in [0.29, 0.717) is 29.8 Å². The van der Waals surface area contributed by atoms with Crippen LogP contribution in [0, 0.1) is 13.8 Å². The fraction of sp³-hybridized carbons (Fsp3) is 0.267. The monoisotopic (exact) mass is 495 g/mol. The summed E-state index contributed by atoms with van der Waals surface area (Å²) in [4.78, 5) is 49.8. The molecule has 37 heavy (non-hydrogen) atoms. The molecule has 1 atom stereocenters. The number of aryl methyl sites for hydroxylation is 2. The van der Waals surface area contributed by atoms with E-state index in [1.807, 2.05) is 56.3 Å². The van der Waals surface area contributed by atoms with E-state index >= 15 is 0 Å². The molecule has 188 valence electrons. The first-order chi connectivity index (χ1) is 17.7. The van der Waals surface area contributed by atoms with Crippen molar-refractivity contribution in [1.29, 1.82) is 0 Å². The number of fused-ring (bicyclic) bond motifs is 3. The first-order valence-electron chi connectivity index (χ1n) is 12.4. The van der Waals surface area contributed by atoms with Gasteiger partial charge in [-0.25, -0.2) is 0 Å². The summed E-state index contributed by atoms with van der Waals surface area (Å²) in [5.41, 5.74) is 6.94. The summed E-state index contributed by atoms with van der Waals surface area (Å²) < 4.78 is 0. The van der Waals surface area contributed by atoms with Gasteiger partial charge in [0.2, 0.25) is 17.7 Å². The predicted octanol–water partition coefficient (Wildman–Crippen LogP) is 4.85. The molecule has 1 spiro atoms. The van der Waals surface area contributed by atoms with Gasteiger partial charge in [-0.05, 0) is 84.8 Å². The number of benzene rings is 3. The van der Waals surface area contributed by atoms with E-state index < -0.39 is 5.41 Å². The third-order valence-electron chi connectivity index (χ3n) is 7.33. The molecule has 3 amide bonds. The molecule has 3 aromatic rings. The van der Waals surface area contributed by atoms with Crippen LogP contribution in [0.2, 0.25) is 0 Å².